The van der Waals surface area contributed by atoms with Gasteiger partial charge in [-0.05, 0) is 76.5 Å². The molecule has 7 heteroatoms. The van der Waals surface area contributed by atoms with Gasteiger partial charge >= 0.3 is 5.97 Å². The van der Waals surface area contributed by atoms with Crippen LogP contribution in [0.1, 0.15) is 27.0 Å². The quantitative estimate of drug-likeness (QED) is 0.307. The molecule has 164 valence electrons. The molecule has 0 aliphatic heterocycles. The standard InChI is InChI=1S/C25H22INO5/c1-16-8-6-7-11-19(16)15-32-23-20(26)12-17(14-22(23)31-2)13-21(25(29)30)27-24(28)18-9-4-3-5-10-18/h3-14H,15H2,1-2H3,(H,27,28)(H,29,30). The second-order valence-electron chi connectivity index (χ2n) is 6.93. The second kappa shape index (κ2) is 10.8. The zero-order valence-electron chi connectivity index (χ0n) is 17.6. The van der Waals surface area contributed by atoms with Crippen molar-refractivity contribution in [2.75, 3.05) is 7.11 Å². The lowest BCUT2D eigenvalue weighted by Crippen LogP contribution is -2.27. The highest BCUT2D eigenvalue weighted by molar-refractivity contribution is 14.1. The van der Waals surface area contributed by atoms with Crippen LogP contribution in [-0.2, 0) is 11.4 Å². The molecule has 1 amide bonds. The number of aliphatic carboxylic acids is 1. The van der Waals surface area contributed by atoms with E-state index in [0.717, 1.165) is 14.7 Å². The molecular weight excluding hydrogens is 521 g/mol. The Bertz CT molecular complexity index is 1160. The minimum Gasteiger partial charge on any atom is -0.493 e. The lowest BCUT2D eigenvalue weighted by Gasteiger charge is -2.15. The molecule has 3 aromatic carbocycles. The van der Waals surface area contributed by atoms with E-state index in [1.54, 1.807) is 42.5 Å². The Balaban J connectivity index is 1.85. The number of amides is 1. The zero-order valence-corrected chi connectivity index (χ0v) is 19.8. The number of nitrogens with one attached hydrogen (secondary N) is 1. The Morgan fingerprint density at radius 2 is 1.75 bits per heavy atom. The number of carbonyl (C=O) groups is 2. The van der Waals surface area contributed by atoms with Gasteiger partial charge in [0.25, 0.3) is 5.91 Å². The maximum atomic E-state index is 12.4. The normalized spacial score (nSPS) is 11.0. The molecule has 0 saturated heterocycles. The number of carboxylic acid groups (broad SMARTS) is 1. The van der Waals surface area contributed by atoms with Gasteiger partial charge in [-0.15, -0.1) is 0 Å². The second-order valence-corrected chi connectivity index (χ2v) is 8.09. The van der Waals surface area contributed by atoms with E-state index in [9.17, 15) is 14.7 Å². The van der Waals surface area contributed by atoms with Crippen molar-refractivity contribution < 1.29 is 24.2 Å². The van der Waals surface area contributed by atoms with Crippen molar-refractivity contribution in [3.05, 3.63) is 98.3 Å². The van der Waals surface area contributed by atoms with Crippen molar-refractivity contribution in [3.8, 4) is 11.5 Å². The maximum Gasteiger partial charge on any atom is 0.352 e. The van der Waals surface area contributed by atoms with Crippen LogP contribution in [0.4, 0.5) is 0 Å². The molecule has 3 rings (SSSR count). The molecule has 0 heterocycles. The first-order valence-electron chi connectivity index (χ1n) is 9.75. The van der Waals surface area contributed by atoms with E-state index in [1.165, 1.54) is 13.2 Å². The Morgan fingerprint density at radius 3 is 2.41 bits per heavy atom. The van der Waals surface area contributed by atoms with Crippen molar-refractivity contribution in [2.45, 2.75) is 13.5 Å². The topological polar surface area (TPSA) is 84.9 Å². The van der Waals surface area contributed by atoms with Crippen LogP contribution in [0.15, 0.2) is 72.4 Å². The van der Waals surface area contributed by atoms with Crippen LogP contribution in [-0.4, -0.2) is 24.1 Å². The molecule has 0 atom stereocenters. The summed E-state index contributed by atoms with van der Waals surface area (Å²) >= 11 is 2.12. The van der Waals surface area contributed by atoms with Crippen LogP contribution in [0.25, 0.3) is 6.08 Å². The molecular formula is C25H22INO5. The van der Waals surface area contributed by atoms with E-state index in [2.05, 4.69) is 27.9 Å². The summed E-state index contributed by atoms with van der Waals surface area (Å²) in [4.78, 5) is 24.1. The van der Waals surface area contributed by atoms with E-state index in [1.807, 2.05) is 31.2 Å². The number of benzene rings is 3. The molecule has 6 nitrogen and oxygen atoms in total. The predicted octanol–water partition coefficient (Wildman–Crippen LogP) is 5.04. The van der Waals surface area contributed by atoms with Crippen LogP contribution in [0, 0.1) is 10.5 Å². The summed E-state index contributed by atoms with van der Waals surface area (Å²) in [5.74, 6) is -0.711. The van der Waals surface area contributed by atoms with Crippen LogP contribution in [0.2, 0.25) is 0 Å². The summed E-state index contributed by atoms with van der Waals surface area (Å²) in [6, 6.07) is 19.8. The van der Waals surface area contributed by atoms with Crippen LogP contribution in [0.5, 0.6) is 11.5 Å². The Hall–Kier alpha value is -3.33. The Morgan fingerprint density at radius 1 is 1.06 bits per heavy atom. The summed E-state index contributed by atoms with van der Waals surface area (Å²) < 4.78 is 12.3. The number of rotatable bonds is 8. The molecule has 0 aromatic heterocycles. The number of aryl methyl sites for hydroxylation is 1. The van der Waals surface area contributed by atoms with E-state index in [4.69, 9.17) is 9.47 Å². The van der Waals surface area contributed by atoms with Crippen molar-refractivity contribution >= 4 is 40.5 Å². The van der Waals surface area contributed by atoms with Crippen molar-refractivity contribution in [2.24, 2.45) is 0 Å². The van der Waals surface area contributed by atoms with Crippen LogP contribution >= 0.6 is 22.6 Å². The Kier molecular flexibility index (Phi) is 7.88. The molecule has 0 radical (unpaired) electrons. The average Bonchev–Trinajstić information content (AvgIpc) is 2.79. The first kappa shape index (κ1) is 23.3. The highest BCUT2D eigenvalue weighted by atomic mass is 127. The molecule has 2 N–H and O–H groups in total. The van der Waals surface area contributed by atoms with Crippen molar-refractivity contribution in [1.29, 1.82) is 0 Å². The molecule has 0 bridgehead atoms. The van der Waals surface area contributed by atoms with Crippen LogP contribution in [0.3, 0.4) is 0 Å². The molecule has 0 fully saturated rings. The molecule has 32 heavy (non-hydrogen) atoms. The summed E-state index contributed by atoms with van der Waals surface area (Å²) in [7, 11) is 1.52. The zero-order chi connectivity index (χ0) is 23.1. The van der Waals surface area contributed by atoms with Gasteiger partial charge in [0.05, 0.1) is 10.7 Å². The van der Waals surface area contributed by atoms with Gasteiger partial charge in [0.1, 0.15) is 12.3 Å². The van der Waals surface area contributed by atoms with Crippen LogP contribution < -0.4 is 14.8 Å². The van der Waals surface area contributed by atoms with Gasteiger partial charge in [0.15, 0.2) is 11.5 Å². The number of hydrogen-bond donors (Lipinski definition) is 2. The highest BCUT2D eigenvalue weighted by Crippen LogP contribution is 2.35. The largest absolute Gasteiger partial charge is 0.493 e. The lowest BCUT2D eigenvalue weighted by molar-refractivity contribution is -0.132. The minimum atomic E-state index is -1.25. The summed E-state index contributed by atoms with van der Waals surface area (Å²) in [5.41, 5.74) is 2.87. The van der Waals surface area contributed by atoms with E-state index < -0.39 is 11.9 Å². The summed E-state index contributed by atoms with van der Waals surface area (Å²) in [6.45, 7) is 2.40. The minimum absolute atomic E-state index is 0.245. The fraction of sp³-hybridized carbons (Fsp3) is 0.120. The SMILES string of the molecule is COc1cc(C=C(NC(=O)c2ccccc2)C(=O)O)cc(I)c1OCc1ccccc1C. The third-order valence-corrected chi connectivity index (χ3v) is 5.51. The molecule has 0 aliphatic carbocycles. The fourth-order valence-electron chi connectivity index (χ4n) is 2.99. The predicted molar refractivity (Wildman–Crippen MR) is 131 cm³/mol. The maximum absolute atomic E-state index is 12.4. The number of hydrogen-bond acceptors (Lipinski definition) is 4. The first-order valence-corrected chi connectivity index (χ1v) is 10.8. The van der Waals surface area contributed by atoms with Gasteiger partial charge in [-0.3, -0.25) is 4.79 Å². The molecule has 0 aliphatic rings. The van der Waals surface area contributed by atoms with Gasteiger partial charge < -0.3 is 19.9 Å². The number of carboxylic acids is 1. The fourth-order valence-corrected chi connectivity index (χ4v) is 3.77. The van der Waals surface area contributed by atoms with Gasteiger partial charge in [-0.25, -0.2) is 4.79 Å². The number of methoxy groups -OCH3 is 1. The molecule has 0 saturated carbocycles. The molecule has 0 spiro atoms. The lowest BCUT2D eigenvalue weighted by atomic mass is 10.1. The Labute approximate surface area is 200 Å². The monoisotopic (exact) mass is 543 g/mol. The van der Waals surface area contributed by atoms with E-state index >= 15 is 0 Å². The van der Waals surface area contributed by atoms with E-state index in [0.29, 0.717) is 29.2 Å². The third kappa shape index (κ3) is 5.88. The van der Waals surface area contributed by atoms with Gasteiger partial charge in [0, 0.05) is 5.56 Å². The summed E-state index contributed by atoms with van der Waals surface area (Å²) in [5, 5.41) is 12.0. The smallest absolute Gasteiger partial charge is 0.352 e. The number of halogens is 1. The number of carbonyl (C=O) groups excluding carboxylic acids is 1. The van der Waals surface area contributed by atoms with Crippen molar-refractivity contribution in [3.63, 3.8) is 0 Å². The van der Waals surface area contributed by atoms with E-state index in [-0.39, 0.29) is 5.70 Å². The van der Waals surface area contributed by atoms with Gasteiger partial charge in [0.2, 0.25) is 0 Å². The number of ether oxygens (including phenoxy) is 2. The van der Waals surface area contributed by atoms with Gasteiger partial charge in [-0.1, -0.05) is 42.5 Å². The molecule has 3 aromatic rings. The van der Waals surface area contributed by atoms with Crippen molar-refractivity contribution in [1.82, 2.24) is 5.32 Å². The van der Waals surface area contributed by atoms with Gasteiger partial charge in [-0.2, -0.15) is 0 Å². The first-order chi connectivity index (χ1) is 15.4. The third-order valence-electron chi connectivity index (χ3n) is 4.71. The summed E-state index contributed by atoms with van der Waals surface area (Å²) in [6.07, 6.45) is 1.39. The molecule has 0 unspecified atom stereocenters. The average molecular weight is 543 g/mol. The highest BCUT2D eigenvalue weighted by Gasteiger charge is 2.16.